The van der Waals surface area contributed by atoms with E-state index in [1.165, 1.54) is 31.4 Å². The van der Waals surface area contributed by atoms with Crippen molar-refractivity contribution in [3.05, 3.63) is 83.3 Å². The number of hydrogen-bond donors (Lipinski definition) is 2. The van der Waals surface area contributed by atoms with E-state index in [0.29, 0.717) is 11.3 Å². The van der Waals surface area contributed by atoms with E-state index in [1.807, 2.05) is 0 Å². The molecule has 0 aliphatic rings. The summed E-state index contributed by atoms with van der Waals surface area (Å²) < 4.78 is 37.1. The fraction of sp³-hybridized carbons (Fsp3) is 0.136. The van der Waals surface area contributed by atoms with Gasteiger partial charge >= 0.3 is 5.97 Å². The molecule has 0 aliphatic heterocycles. The molecular formula is C22H18F2N2O5. The van der Waals surface area contributed by atoms with Crippen LogP contribution < -0.4 is 10.6 Å². The van der Waals surface area contributed by atoms with Crippen LogP contribution in [0.2, 0.25) is 0 Å². The standard InChI is InChI=1S/C22H18F2N2O5/c1-12-5-6-14(10-17(12)25-21(28)19-4-3-9-30-19)22(29)31-13(2)20(27)26-18-11-15(23)7-8-16(18)24/h3-11,13H,1-2H3,(H,25,28)(H,26,27). The summed E-state index contributed by atoms with van der Waals surface area (Å²) in [4.78, 5) is 36.8. The third-order valence-corrected chi connectivity index (χ3v) is 4.31. The fourth-order valence-electron chi connectivity index (χ4n) is 2.59. The summed E-state index contributed by atoms with van der Waals surface area (Å²) in [5.41, 5.74) is 0.752. The fourth-order valence-corrected chi connectivity index (χ4v) is 2.59. The van der Waals surface area contributed by atoms with Gasteiger partial charge in [-0.1, -0.05) is 6.07 Å². The zero-order valence-electron chi connectivity index (χ0n) is 16.6. The van der Waals surface area contributed by atoms with Gasteiger partial charge in [0.1, 0.15) is 11.6 Å². The van der Waals surface area contributed by atoms with Crippen molar-refractivity contribution in [2.75, 3.05) is 10.6 Å². The average molecular weight is 428 g/mol. The monoisotopic (exact) mass is 428 g/mol. The van der Waals surface area contributed by atoms with Gasteiger partial charge in [0.25, 0.3) is 11.8 Å². The van der Waals surface area contributed by atoms with Crippen LogP contribution in [0.1, 0.15) is 33.4 Å². The number of anilines is 2. The molecule has 0 radical (unpaired) electrons. The van der Waals surface area contributed by atoms with Gasteiger partial charge in [-0.2, -0.15) is 0 Å². The highest BCUT2D eigenvalue weighted by atomic mass is 19.1. The molecule has 1 unspecified atom stereocenters. The van der Waals surface area contributed by atoms with Crippen LogP contribution in [0, 0.1) is 18.6 Å². The Morgan fingerprint density at radius 1 is 1.00 bits per heavy atom. The molecule has 0 saturated carbocycles. The van der Waals surface area contributed by atoms with E-state index in [0.717, 1.165) is 18.2 Å². The average Bonchev–Trinajstić information content (AvgIpc) is 3.27. The maximum Gasteiger partial charge on any atom is 0.338 e. The van der Waals surface area contributed by atoms with E-state index in [2.05, 4.69) is 10.6 Å². The topological polar surface area (TPSA) is 97.6 Å². The van der Waals surface area contributed by atoms with Crippen molar-refractivity contribution in [2.45, 2.75) is 20.0 Å². The molecule has 0 bridgehead atoms. The molecule has 2 amide bonds. The Morgan fingerprint density at radius 3 is 2.48 bits per heavy atom. The van der Waals surface area contributed by atoms with Gasteiger partial charge in [0.2, 0.25) is 0 Å². The number of halogens is 2. The number of amides is 2. The van der Waals surface area contributed by atoms with Crippen molar-refractivity contribution >= 4 is 29.2 Å². The lowest BCUT2D eigenvalue weighted by molar-refractivity contribution is -0.123. The Balaban J connectivity index is 1.67. The smallest absolute Gasteiger partial charge is 0.338 e. The molecule has 1 heterocycles. The van der Waals surface area contributed by atoms with Crippen LogP contribution in [0.4, 0.5) is 20.2 Å². The lowest BCUT2D eigenvalue weighted by atomic mass is 10.1. The number of hydrogen-bond acceptors (Lipinski definition) is 5. The van der Waals surface area contributed by atoms with Crippen molar-refractivity contribution in [1.29, 1.82) is 0 Å². The highest BCUT2D eigenvalue weighted by molar-refractivity contribution is 6.03. The first-order valence-electron chi connectivity index (χ1n) is 9.17. The second-order valence-electron chi connectivity index (χ2n) is 6.62. The van der Waals surface area contributed by atoms with Gasteiger partial charge in [-0.3, -0.25) is 9.59 Å². The van der Waals surface area contributed by atoms with Crippen LogP contribution >= 0.6 is 0 Å². The number of nitrogens with one attached hydrogen (secondary N) is 2. The molecule has 1 atom stereocenters. The minimum Gasteiger partial charge on any atom is -0.459 e. The van der Waals surface area contributed by atoms with Crippen molar-refractivity contribution < 1.29 is 32.3 Å². The molecule has 3 aromatic rings. The van der Waals surface area contributed by atoms with Crippen molar-refractivity contribution in [2.24, 2.45) is 0 Å². The van der Waals surface area contributed by atoms with Crippen LogP contribution in [0.3, 0.4) is 0 Å². The van der Waals surface area contributed by atoms with Gasteiger partial charge in [-0.25, -0.2) is 13.6 Å². The molecule has 1 aromatic heterocycles. The Kier molecular flexibility index (Phi) is 6.44. The second kappa shape index (κ2) is 9.21. The van der Waals surface area contributed by atoms with E-state index in [4.69, 9.17) is 9.15 Å². The molecule has 0 spiro atoms. The zero-order valence-corrected chi connectivity index (χ0v) is 16.6. The molecule has 0 aliphatic carbocycles. The molecule has 0 saturated heterocycles. The van der Waals surface area contributed by atoms with E-state index < -0.39 is 35.5 Å². The predicted molar refractivity (Wildman–Crippen MR) is 108 cm³/mol. The Labute approximate surface area is 176 Å². The number of esters is 1. The maximum absolute atomic E-state index is 13.7. The third-order valence-electron chi connectivity index (χ3n) is 4.31. The van der Waals surface area contributed by atoms with Crippen LogP contribution in [0.25, 0.3) is 0 Å². The van der Waals surface area contributed by atoms with E-state index in [9.17, 15) is 23.2 Å². The van der Waals surface area contributed by atoms with E-state index in [-0.39, 0.29) is 17.0 Å². The normalized spacial score (nSPS) is 11.5. The van der Waals surface area contributed by atoms with Crippen LogP contribution in [-0.4, -0.2) is 23.9 Å². The molecule has 31 heavy (non-hydrogen) atoms. The molecular weight excluding hydrogens is 410 g/mol. The van der Waals surface area contributed by atoms with Crippen LogP contribution in [-0.2, 0) is 9.53 Å². The number of furan rings is 1. The summed E-state index contributed by atoms with van der Waals surface area (Å²) >= 11 is 0. The summed E-state index contributed by atoms with van der Waals surface area (Å²) in [6.45, 7) is 3.02. The van der Waals surface area contributed by atoms with E-state index in [1.54, 1.807) is 19.1 Å². The molecule has 9 heteroatoms. The first kappa shape index (κ1) is 21.7. The quantitative estimate of drug-likeness (QED) is 0.571. The SMILES string of the molecule is Cc1ccc(C(=O)OC(C)C(=O)Nc2cc(F)ccc2F)cc1NC(=O)c1ccco1. The van der Waals surface area contributed by atoms with Gasteiger partial charge in [0.05, 0.1) is 17.5 Å². The molecule has 160 valence electrons. The molecule has 3 rings (SSSR count). The van der Waals surface area contributed by atoms with Crippen LogP contribution in [0.15, 0.2) is 59.2 Å². The minimum absolute atomic E-state index is 0.0805. The Morgan fingerprint density at radius 2 is 1.77 bits per heavy atom. The highest BCUT2D eigenvalue weighted by Crippen LogP contribution is 2.20. The highest BCUT2D eigenvalue weighted by Gasteiger charge is 2.21. The van der Waals surface area contributed by atoms with Gasteiger partial charge in [0, 0.05) is 11.8 Å². The summed E-state index contributed by atoms with van der Waals surface area (Å²) in [6, 6.07) is 10.1. The van der Waals surface area contributed by atoms with Crippen molar-refractivity contribution in [3.8, 4) is 0 Å². The van der Waals surface area contributed by atoms with Crippen molar-refractivity contribution in [3.63, 3.8) is 0 Å². The van der Waals surface area contributed by atoms with Gasteiger partial charge < -0.3 is 19.8 Å². The summed E-state index contributed by atoms with van der Waals surface area (Å²) in [5, 5.41) is 4.80. The number of carbonyl (C=O) groups is 3. The molecule has 0 fully saturated rings. The minimum atomic E-state index is -1.29. The van der Waals surface area contributed by atoms with Crippen molar-refractivity contribution in [1.82, 2.24) is 0 Å². The second-order valence-corrected chi connectivity index (χ2v) is 6.62. The summed E-state index contributed by atoms with van der Waals surface area (Å²) in [6.07, 6.45) is 0.0650. The molecule has 2 aromatic carbocycles. The van der Waals surface area contributed by atoms with E-state index >= 15 is 0 Å². The first-order chi connectivity index (χ1) is 14.7. The van der Waals surface area contributed by atoms with Gasteiger partial charge in [-0.15, -0.1) is 0 Å². The lowest BCUT2D eigenvalue weighted by Gasteiger charge is -2.15. The lowest BCUT2D eigenvalue weighted by Crippen LogP contribution is -2.30. The third kappa shape index (κ3) is 5.33. The summed E-state index contributed by atoms with van der Waals surface area (Å²) in [7, 11) is 0. The maximum atomic E-state index is 13.7. The molecule has 7 nitrogen and oxygen atoms in total. The van der Waals surface area contributed by atoms with Gasteiger partial charge in [-0.05, 0) is 55.8 Å². The first-order valence-corrected chi connectivity index (χ1v) is 9.17. The summed E-state index contributed by atoms with van der Waals surface area (Å²) in [5.74, 6) is -3.63. The number of ether oxygens (including phenoxy) is 1. The Bertz CT molecular complexity index is 1130. The molecule has 2 N–H and O–H groups in total. The van der Waals surface area contributed by atoms with Gasteiger partial charge in [0.15, 0.2) is 11.9 Å². The largest absolute Gasteiger partial charge is 0.459 e. The number of aryl methyl sites for hydroxylation is 1. The Hall–Kier alpha value is -4.01. The van der Waals surface area contributed by atoms with Crippen LogP contribution in [0.5, 0.6) is 0 Å². The predicted octanol–water partition coefficient (Wildman–Crippen LogP) is 4.30. The number of benzene rings is 2. The zero-order chi connectivity index (χ0) is 22.5. The number of carbonyl (C=O) groups excluding carboxylic acids is 3. The number of rotatable bonds is 6.